The van der Waals surface area contributed by atoms with E-state index in [1.807, 2.05) is 0 Å². The van der Waals surface area contributed by atoms with Crippen molar-refractivity contribution in [1.82, 2.24) is 5.32 Å². The minimum absolute atomic E-state index is 0.139. The third-order valence-corrected chi connectivity index (χ3v) is 3.14. The standard InChI is InChI=1S/C16H18N2O5/c1-22-13-6-3-2-5-11(13)18-16(21)15(20)17-9-8-12(19)14-7-4-10-23-14/h2-7,10,12,19H,8-9H2,1H3,(H,17,20)(H,18,21). The van der Waals surface area contributed by atoms with Crippen molar-refractivity contribution in [3.8, 4) is 5.75 Å². The monoisotopic (exact) mass is 318 g/mol. The summed E-state index contributed by atoms with van der Waals surface area (Å²) in [5.74, 6) is -0.718. The van der Waals surface area contributed by atoms with Crippen molar-refractivity contribution >= 4 is 17.5 Å². The van der Waals surface area contributed by atoms with Crippen LogP contribution in [0.25, 0.3) is 0 Å². The highest BCUT2D eigenvalue weighted by Crippen LogP contribution is 2.22. The van der Waals surface area contributed by atoms with Gasteiger partial charge in [-0.05, 0) is 30.7 Å². The predicted molar refractivity (Wildman–Crippen MR) is 82.9 cm³/mol. The summed E-state index contributed by atoms with van der Waals surface area (Å²) in [5, 5.41) is 14.7. The molecule has 2 aromatic rings. The largest absolute Gasteiger partial charge is 0.495 e. The van der Waals surface area contributed by atoms with Gasteiger partial charge in [0.25, 0.3) is 0 Å². The number of hydrogen-bond donors (Lipinski definition) is 3. The minimum Gasteiger partial charge on any atom is -0.495 e. The highest BCUT2D eigenvalue weighted by molar-refractivity contribution is 6.39. The minimum atomic E-state index is -0.831. The Labute approximate surface area is 133 Å². The Kier molecular flexibility index (Phi) is 5.76. The Balaban J connectivity index is 1.80. The summed E-state index contributed by atoms with van der Waals surface area (Å²) in [6.07, 6.45) is 0.863. The van der Waals surface area contributed by atoms with Crippen LogP contribution in [0.2, 0.25) is 0 Å². The van der Waals surface area contributed by atoms with Crippen molar-refractivity contribution < 1.29 is 23.8 Å². The van der Waals surface area contributed by atoms with Crippen LogP contribution in [-0.2, 0) is 9.59 Å². The number of carbonyl (C=O) groups is 2. The second kappa shape index (κ2) is 8.00. The maximum Gasteiger partial charge on any atom is 0.313 e. The van der Waals surface area contributed by atoms with E-state index < -0.39 is 17.9 Å². The number of hydrogen-bond acceptors (Lipinski definition) is 5. The molecule has 0 aliphatic heterocycles. The molecule has 2 amide bonds. The average molecular weight is 318 g/mol. The molecule has 0 spiro atoms. The molecule has 0 fully saturated rings. The van der Waals surface area contributed by atoms with Gasteiger partial charge in [0.15, 0.2) is 0 Å². The number of para-hydroxylation sites is 2. The quantitative estimate of drug-likeness (QED) is 0.700. The first kappa shape index (κ1) is 16.6. The van der Waals surface area contributed by atoms with E-state index in [1.54, 1.807) is 36.4 Å². The summed E-state index contributed by atoms with van der Waals surface area (Å²) in [7, 11) is 1.47. The van der Waals surface area contributed by atoms with Gasteiger partial charge in [-0.3, -0.25) is 9.59 Å². The van der Waals surface area contributed by atoms with Gasteiger partial charge in [0.1, 0.15) is 17.6 Å². The molecular formula is C16H18N2O5. The summed E-state index contributed by atoms with van der Waals surface area (Å²) in [6.45, 7) is 0.139. The van der Waals surface area contributed by atoms with E-state index in [0.29, 0.717) is 17.2 Å². The highest BCUT2D eigenvalue weighted by atomic mass is 16.5. The predicted octanol–water partition coefficient (Wildman–Crippen LogP) is 1.47. The SMILES string of the molecule is COc1ccccc1NC(=O)C(=O)NCCC(O)c1ccco1. The molecule has 2 rings (SSSR count). The number of ether oxygens (including phenoxy) is 1. The van der Waals surface area contributed by atoms with Crippen molar-refractivity contribution in [2.75, 3.05) is 19.0 Å². The highest BCUT2D eigenvalue weighted by Gasteiger charge is 2.16. The molecule has 0 bridgehead atoms. The Bertz CT molecular complexity index is 654. The van der Waals surface area contributed by atoms with Gasteiger partial charge in [-0.1, -0.05) is 12.1 Å². The third kappa shape index (κ3) is 4.58. The second-order valence-electron chi connectivity index (χ2n) is 4.73. The first-order valence-electron chi connectivity index (χ1n) is 7.05. The normalized spacial score (nSPS) is 11.6. The molecule has 7 nitrogen and oxygen atoms in total. The lowest BCUT2D eigenvalue weighted by Crippen LogP contribution is -2.36. The number of nitrogens with one attached hydrogen (secondary N) is 2. The lowest BCUT2D eigenvalue weighted by molar-refractivity contribution is -0.136. The van der Waals surface area contributed by atoms with Gasteiger partial charge >= 0.3 is 11.8 Å². The van der Waals surface area contributed by atoms with E-state index in [2.05, 4.69) is 10.6 Å². The van der Waals surface area contributed by atoms with Gasteiger partial charge in [0.2, 0.25) is 0 Å². The van der Waals surface area contributed by atoms with Crippen LogP contribution in [0.4, 0.5) is 5.69 Å². The van der Waals surface area contributed by atoms with Crippen LogP contribution < -0.4 is 15.4 Å². The summed E-state index contributed by atoms with van der Waals surface area (Å²) >= 11 is 0. The Morgan fingerprint density at radius 3 is 2.70 bits per heavy atom. The number of methoxy groups -OCH3 is 1. The van der Waals surface area contributed by atoms with Gasteiger partial charge in [-0.25, -0.2) is 0 Å². The first-order chi connectivity index (χ1) is 11.1. The molecule has 23 heavy (non-hydrogen) atoms. The Morgan fingerprint density at radius 1 is 1.22 bits per heavy atom. The zero-order valence-corrected chi connectivity index (χ0v) is 12.6. The van der Waals surface area contributed by atoms with Crippen LogP contribution in [-0.4, -0.2) is 30.6 Å². The van der Waals surface area contributed by atoms with E-state index >= 15 is 0 Å². The summed E-state index contributed by atoms with van der Waals surface area (Å²) < 4.78 is 10.1. The third-order valence-electron chi connectivity index (χ3n) is 3.14. The van der Waals surface area contributed by atoms with E-state index in [9.17, 15) is 14.7 Å². The number of aliphatic hydroxyl groups excluding tert-OH is 1. The van der Waals surface area contributed by atoms with Gasteiger partial charge in [0.05, 0.1) is 19.1 Å². The molecule has 1 heterocycles. The van der Waals surface area contributed by atoms with Crippen LogP contribution in [0.15, 0.2) is 47.1 Å². The van der Waals surface area contributed by atoms with Crippen LogP contribution >= 0.6 is 0 Å². The van der Waals surface area contributed by atoms with Crippen molar-refractivity contribution in [3.63, 3.8) is 0 Å². The molecule has 0 radical (unpaired) electrons. The van der Waals surface area contributed by atoms with Crippen molar-refractivity contribution in [2.45, 2.75) is 12.5 Å². The van der Waals surface area contributed by atoms with Crippen LogP contribution in [0.3, 0.4) is 0 Å². The topological polar surface area (TPSA) is 101 Å². The van der Waals surface area contributed by atoms with Crippen LogP contribution in [0.1, 0.15) is 18.3 Å². The summed E-state index contributed by atoms with van der Waals surface area (Å²) in [5.41, 5.74) is 0.408. The molecule has 0 aliphatic rings. The molecule has 0 aliphatic carbocycles. The molecule has 122 valence electrons. The zero-order chi connectivity index (χ0) is 16.7. The number of carbonyl (C=O) groups excluding carboxylic acids is 2. The molecule has 1 unspecified atom stereocenters. The Morgan fingerprint density at radius 2 is 2.00 bits per heavy atom. The molecule has 1 atom stereocenters. The zero-order valence-electron chi connectivity index (χ0n) is 12.6. The van der Waals surface area contributed by atoms with Gasteiger partial charge in [-0.15, -0.1) is 0 Å². The lowest BCUT2D eigenvalue weighted by Gasteiger charge is -2.11. The number of amides is 2. The maximum atomic E-state index is 11.8. The Hall–Kier alpha value is -2.80. The number of benzene rings is 1. The van der Waals surface area contributed by atoms with E-state index in [1.165, 1.54) is 13.4 Å². The first-order valence-corrected chi connectivity index (χ1v) is 7.05. The number of rotatable bonds is 6. The summed E-state index contributed by atoms with van der Waals surface area (Å²) in [6, 6.07) is 10.1. The fourth-order valence-electron chi connectivity index (χ4n) is 1.95. The second-order valence-corrected chi connectivity index (χ2v) is 4.73. The van der Waals surface area contributed by atoms with Crippen LogP contribution in [0, 0.1) is 0 Å². The maximum absolute atomic E-state index is 11.8. The van der Waals surface area contributed by atoms with Gasteiger partial charge in [0, 0.05) is 6.54 Å². The summed E-state index contributed by atoms with van der Waals surface area (Å²) in [4.78, 5) is 23.6. The van der Waals surface area contributed by atoms with Crippen molar-refractivity contribution in [1.29, 1.82) is 0 Å². The van der Waals surface area contributed by atoms with Crippen LogP contribution in [0.5, 0.6) is 5.75 Å². The fourth-order valence-corrected chi connectivity index (χ4v) is 1.95. The number of aliphatic hydroxyl groups is 1. The molecular weight excluding hydrogens is 300 g/mol. The molecule has 0 saturated heterocycles. The molecule has 7 heteroatoms. The average Bonchev–Trinajstić information content (AvgIpc) is 3.09. The van der Waals surface area contributed by atoms with Gasteiger partial charge < -0.3 is 24.9 Å². The number of anilines is 1. The van der Waals surface area contributed by atoms with E-state index in [4.69, 9.17) is 9.15 Å². The lowest BCUT2D eigenvalue weighted by atomic mass is 10.2. The molecule has 3 N–H and O–H groups in total. The van der Waals surface area contributed by atoms with Crippen molar-refractivity contribution in [3.05, 3.63) is 48.4 Å². The van der Waals surface area contributed by atoms with E-state index in [-0.39, 0.29) is 13.0 Å². The van der Waals surface area contributed by atoms with E-state index in [0.717, 1.165) is 0 Å². The smallest absolute Gasteiger partial charge is 0.313 e. The number of furan rings is 1. The molecule has 1 aromatic carbocycles. The molecule has 0 saturated carbocycles. The van der Waals surface area contributed by atoms with Gasteiger partial charge in [-0.2, -0.15) is 0 Å². The molecule has 1 aromatic heterocycles. The fraction of sp³-hybridized carbons (Fsp3) is 0.250. The van der Waals surface area contributed by atoms with Crippen molar-refractivity contribution in [2.24, 2.45) is 0 Å².